The molecule has 0 aliphatic heterocycles. The average molecular weight is 173 g/mol. The van der Waals surface area contributed by atoms with E-state index in [0.29, 0.717) is 0 Å². The minimum atomic E-state index is -0.946. The molecule has 0 saturated heterocycles. The van der Waals surface area contributed by atoms with Crippen LogP contribution in [0.3, 0.4) is 0 Å². The largest absolute Gasteiger partial charge is 0.409 e. The summed E-state index contributed by atoms with van der Waals surface area (Å²) in [7, 11) is 3.24. The minimum absolute atomic E-state index is 0.0822. The third-order valence-electron chi connectivity index (χ3n) is 1.69. The van der Waals surface area contributed by atoms with Gasteiger partial charge in [0.05, 0.1) is 0 Å². The number of nitrogens with two attached hydrogens (primary N) is 1. The number of hydrogen-bond acceptors (Lipinski definition) is 3. The monoisotopic (exact) mass is 173 g/mol. The summed E-state index contributed by atoms with van der Waals surface area (Å²) in [5.41, 5.74) is 4.40. The third kappa shape index (κ3) is 1.87. The molecule has 12 heavy (non-hydrogen) atoms. The zero-order valence-electron chi connectivity index (χ0n) is 7.83. The Morgan fingerprint density at radius 2 is 1.92 bits per heavy atom. The topological polar surface area (TPSA) is 78.9 Å². The Kier molecular flexibility index (Phi) is 3.06. The van der Waals surface area contributed by atoms with Crippen LogP contribution in [0.25, 0.3) is 0 Å². The van der Waals surface area contributed by atoms with Crippen LogP contribution in [-0.4, -0.2) is 35.9 Å². The van der Waals surface area contributed by atoms with E-state index in [2.05, 4.69) is 5.16 Å². The van der Waals surface area contributed by atoms with Crippen molar-refractivity contribution in [3.05, 3.63) is 0 Å². The molecule has 0 unspecified atom stereocenters. The number of oxime groups is 1. The summed E-state index contributed by atoms with van der Waals surface area (Å²) in [6, 6.07) is 0. The Labute approximate surface area is 71.8 Å². The van der Waals surface area contributed by atoms with Gasteiger partial charge in [-0.25, -0.2) is 0 Å². The number of carbonyl (C=O) groups is 1. The summed E-state index contributed by atoms with van der Waals surface area (Å²) in [4.78, 5) is 12.8. The molecule has 5 heteroatoms. The molecule has 0 aromatic carbocycles. The quantitative estimate of drug-likeness (QED) is 0.264. The number of rotatable bonds is 2. The van der Waals surface area contributed by atoms with Crippen LogP contribution in [0.4, 0.5) is 0 Å². The van der Waals surface area contributed by atoms with Crippen LogP contribution in [0.2, 0.25) is 0 Å². The summed E-state index contributed by atoms with van der Waals surface area (Å²) in [5, 5.41) is 11.2. The molecule has 0 bridgehead atoms. The first-order chi connectivity index (χ1) is 5.34. The Morgan fingerprint density at radius 1 is 1.50 bits per heavy atom. The first-order valence-electron chi connectivity index (χ1n) is 3.53. The molecular weight excluding hydrogens is 158 g/mol. The Balaban J connectivity index is 4.73. The van der Waals surface area contributed by atoms with Crippen molar-refractivity contribution in [1.29, 1.82) is 0 Å². The van der Waals surface area contributed by atoms with Crippen LogP contribution in [0, 0.1) is 5.41 Å². The van der Waals surface area contributed by atoms with Gasteiger partial charge in [-0.05, 0) is 13.8 Å². The van der Waals surface area contributed by atoms with E-state index in [1.54, 1.807) is 27.9 Å². The van der Waals surface area contributed by atoms with Gasteiger partial charge in [0.1, 0.15) is 5.41 Å². The molecule has 0 aliphatic rings. The molecule has 0 rings (SSSR count). The van der Waals surface area contributed by atoms with Crippen LogP contribution in [0.1, 0.15) is 13.8 Å². The molecule has 0 aliphatic carbocycles. The molecule has 0 atom stereocenters. The molecule has 5 nitrogen and oxygen atoms in total. The maximum atomic E-state index is 11.4. The Hall–Kier alpha value is -1.26. The lowest BCUT2D eigenvalue weighted by Crippen LogP contribution is -2.45. The molecule has 0 radical (unpaired) electrons. The smallest absolute Gasteiger partial charge is 0.235 e. The van der Waals surface area contributed by atoms with E-state index in [-0.39, 0.29) is 11.7 Å². The fourth-order valence-corrected chi connectivity index (χ4v) is 0.794. The van der Waals surface area contributed by atoms with Gasteiger partial charge >= 0.3 is 0 Å². The van der Waals surface area contributed by atoms with E-state index in [1.807, 2.05) is 0 Å². The van der Waals surface area contributed by atoms with Crippen molar-refractivity contribution >= 4 is 11.7 Å². The number of hydrogen-bond donors (Lipinski definition) is 2. The fourth-order valence-electron chi connectivity index (χ4n) is 0.794. The van der Waals surface area contributed by atoms with Crippen molar-refractivity contribution in [1.82, 2.24) is 4.90 Å². The Bertz CT molecular complexity index is 209. The third-order valence-corrected chi connectivity index (χ3v) is 1.69. The first kappa shape index (κ1) is 10.7. The van der Waals surface area contributed by atoms with E-state index in [1.165, 1.54) is 4.90 Å². The van der Waals surface area contributed by atoms with Gasteiger partial charge in [0.2, 0.25) is 5.91 Å². The van der Waals surface area contributed by atoms with Crippen molar-refractivity contribution in [3.8, 4) is 0 Å². The molecule has 1 amide bonds. The summed E-state index contributed by atoms with van der Waals surface area (Å²) < 4.78 is 0. The van der Waals surface area contributed by atoms with Gasteiger partial charge < -0.3 is 15.8 Å². The molecule has 0 aromatic rings. The van der Waals surface area contributed by atoms with Crippen LogP contribution >= 0.6 is 0 Å². The van der Waals surface area contributed by atoms with Crippen molar-refractivity contribution in [3.63, 3.8) is 0 Å². The second-order valence-electron chi connectivity index (χ2n) is 3.31. The van der Waals surface area contributed by atoms with E-state index in [4.69, 9.17) is 10.9 Å². The number of amidine groups is 1. The molecule has 0 saturated carbocycles. The van der Waals surface area contributed by atoms with E-state index in [0.717, 1.165) is 0 Å². The SMILES string of the molecule is CN(C)C(=O)C(C)(C)/C(N)=N/O. The number of carbonyl (C=O) groups excluding carboxylic acids is 1. The van der Waals surface area contributed by atoms with Gasteiger partial charge in [-0.2, -0.15) is 0 Å². The lowest BCUT2D eigenvalue weighted by molar-refractivity contribution is -0.134. The van der Waals surface area contributed by atoms with Crippen molar-refractivity contribution in [2.45, 2.75) is 13.8 Å². The van der Waals surface area contributed by atoms with Gasteiger partial charge in [-0.3, -0.25) is 4.79 Å². The molecule has 0 aromatic heterocycles. The molecule has 70 valence electrons. The number of nitrogens with zero attached hydrogens (tertiary/aromatic N) is 2. The lowest BCUT2D eigenvalue weighted by Gasteiger charge is -2.25. The zero-order valence-corrected chi connectivity index (χ0v) is 7.83. The predicted octanol–water partition coefficient (Wildman–Crippen LogP) is -0.153. The zero-order chi connectivity index (χ0) is 9.94. The molecule has 0 heterocycles. The predicted molar refractivity (Wildman–Crippen MR) is 45.9 cm³/mol. The maximum absolute atomic E-state index is 11.4. The van der Waals surface area contributed by atoms with E-state index >= 15 is 0 Å². The second kappa shape index (κ2) is 3.42. The van der Waals surface area contributed by atoms with Crippen LogP contribution in [0.15, 0.2) is 5.16 Å². The fraction of sp³-hybridized carbons (Fsp3) is 0.714. The minimum Gasteiger partial charge on any atom is -0.409 e. The molecule has 3 N–H and O–H groups in total. The van der Waals surface area contributed by atoms with Crippen molar-refractivity contribution < 1.29 is 10.0 Å². The van der Waals surface area contributed by atoms with Gasteiger partial charge in [-0.15, -0.1) is 0 Å². The average Bonchev–Trinajstić information content (AvgIpc) is 2.01. The van der Waals surface area contributed by atoms with Gasteiger partial charge in [0, 0.05) is 14.1 Å². The highest BCUT2D eigenvalue weighted by atomic mass is 16.4. The van der Waals surface area contributed by atoms with Crippen LogP contribution in [0.5, 0.6) is 0 Å². The highest BCUT2D eigenvalue weighted by molar-refractivity contribution is 6.05. The van der Waals surface area contributed by atoms with E-state index < -0.39 is 5.41 Å². The Morgan fingerprint density at radius 3 is 2.17 bits per heavy atom. The van der Waals surface area contributed by atoms with Crippen molar-refractivity contribution in [2.75, 3.05) is 14.1 Å². The summed E-state index contributed by atoms with van der Waals surface area (Å²) in [6.07, 6.45) is 0. The van der Waals surface area contributed by atoms with Gasteiger partial charge in [-0.1, -0.05) is 5.16 Å². The second-order valence-corrected chi connectivity index (χ2v) is 3.31. The van der Waals surface area contributed by atoms with Crippen LogP contribution < -0.4 is 5.73 Å². The molecule has 0 fully saturated rings. The highest BCUT2D eigenvalue weighted by Gasteiger charge is 2.33. The summed E-state index contributed by atoms with van der Waals surface area (Å²) >= 11 is 0. The van der Waals surface area contributed by atoms with Gasteiger partial charge in [0.15, 0.2) is 5.84 Å². The lowest BCUT2D eigenvalue weighted by atomic mass is 9.90. The molecular formula is C7H15N3O2. The normalized spacial score (nSPS) is 12.8. The first-order valence-corrected chi connectivity index (χ1v) is 3.53. The maximum Gasteiger partial charge on any atom is 0.235 e. The summed E-state index contributed by atoms with van der Waals surface area (Å²) in [5.74, 6) is -0.279. The van der Waals surface area contributed by atoms with E-state index in [9.17, 15) is 4.79 Å². The standard InChI is InChI=1S/C7H15N3O2/c1-7(2,5(8)9-12)6(11)10(3)4/h12H,1-4H3,(H2,8,9). The van der Waals surface area contributed by atoms with Gasteiger partial charge in [0.25, 0.3) is 0 Å². The summed E-state index contributed by atoms with van der Waals surface area (Å²) in [6.45, 7) is 3.20. The number of amides is 1. The van der Waals surface area contributed by atoms with Crippen LogP contribution in [-0.2, 0) is 4.79 Å². The molecule has 0 spiro atoms. The highest BCUT2D eigenvalue weighted by Crippen LogP contribution is 2.17. The van der Waals surface area contributed by atoms with Crippen molar-refractivity contribution in [2.24, 2.45) is 16.3 Å².